The highest BCUT2D eigenvalue weighted by Crippen LogP contribution is 2.31. The minimum absolute atomic E-state index is 0.197. The highest BCUT2D eigenvalue weighted by atomic mass is 35.5. The third-order valence-electron chi connectivity index (χ3n) is 5.71. The number of aromatic nitrogens is 4. The summed E-state index contributed by atoms with van der Waals surface area (Å²) in [4.78, 5) is 18.3. The molecule has 2 aliphatic heterocycles. The zero-order valence-corrected chi connectivity index (χ0v) is 16.9. The Morgan fingerprint density at radius 1 is 0.931 bits per heavy atom. The zero-order chi connectivity index (χ0) is 19.6. The van der Waals surface area contributed by atoms with Gasteiger partial charge in [0.15, 0.2) is 0 Å². The third kappa shape index (κ3) is 3.92. The normalized spacial score (nSPS) is 19.7. The first-order valence-electron chi connectivity index (χ1n) is 10.2. The molecule has 5 rings (SSSR count). The van der Waals surface area contributed by atoms with Crippen LogP contribution in [0.25, 0.3) is 11.4 Å². The smallest absolute Gasteiger partial charge is 0.231 e. The monoisotopic (exact) mass is 410 g/mol. The highest BCUT2D eigenvalue weighted by Gasteiger charge is 2.27. The molecule has 0 N–H and O–H groups in total. The first-order valence-corrected chi connectivity index (χ1v) is 10.6. The molecule has 8 heteroatoms. The van der Waals surface area contributed by atoms with E-state index >= 15 is 0 Å². The molecule has 29 heavy (non-hydrogen) atoms. The lowest BCUT2D eigenvalue weighted by Crippen LogP contribution is -2.35. The minimum Gasteiger partial charge on any atom is -0.356 e. The van der Waals surface area contributed by atoms with E-state index in [9.17, 15) is 0 Å². The average molecular weight is 411 g/mol. The van der Waals surface area contributed by atoms with Crippen molar-refractivity contribution in [1.29, 1.82) is 0 Å². The Bertz CT molecular complexity index is 969. The Kier molecular flexibility index (Phi) is 5.06. The van der Waals surface area contributed by atoms with Crippen molar-refractivity contribution in [1.82, 2.24) is 20.1 Å². The van der Waals surface area contributed by atoms with Gasteiger partial charge in [-0.25, -0.2) is 9.97 Å². The molecule has 2 aromatic heterocycles. The van der Waals surface area contributed by atoms with Crippen molar-refractivity contribution in [2.45, 2.75) is 31.6 Å². The van der Waals surface area contributed by atoms with E-state index in [0.29, 0.717) is 16.7 Å². The maximum absolute atomic E-state index is 5.97. The lowest BCUT2D eigenvalue weighted by atomic mass is 9.98. The van der Waals surface area contributed by atoms with E-state index in [4.69, 9.17) is 16.1 Å². The van der Waals surface area contributed by atoms with Crippen LogP contribution in [-0.4, -0.2) is 46.3 Å². The fraction of sp³-hybridized carbons (Fsp3) is 0.429. The predicted octanol–water partition coefficient (Wildman–Crippen LogP) is 4.16. The highest BCUT2D eigenvalue weighted by molar-refractivity contribution is 6.30. The maximum Gasteiger partial charge on any atom is 0.231 e. The molecule has 1 atom stereocenters. The number of rotatable bonds is 4. The van der Waals surface area contributed by atoms with E-state index in [2.05, 4.69) is 36.0 Å². The van der Waals surface area contributed by atoms with Gasteiger partial charge in [-0.1, -0.05) is 16.8 Å². The summed E-state index contributed by atoms with van der Waals surface area (Å²) >= 11 is 5.97. The van der Waals surface area contributed by atoms with Gasteiger partial charge in [-0.15, -0.1) is 0 Å². The molecule has 7 nitrogen and oxygen atoms in total. The van der Waals surface area contributed by atoms with Gasteiger partial charge in [0.05, 0.1) is 5.92 Å². The lowest BCUT2D eigenvalue weighted by Gasteiger charge is -2.32. The number of benzene rings is 1. The second kappa shape index (κ2) is 7.99. The third-order valence-corrected chi connectivity index (χ3v) is 5.96. The maximum atomic E-state index is 5.97. The van der Waals surface area contributed by atoms with Gasteiger partial charge in [0, 0.05) is 42.8 Å². The number of anilines is 2. The van der Waals surface area contributed by atoms with E-state index in [1.54, 1.807) is 6.33 Å². The lowest BCUT2D eigenvalue weighted by molar-refractivity contribution is 0.333. The van der Waals surface area contributed by atoms with Gasteiger partial charge in [0.2, 0.25) is 11.7 Å². The Morgan fingerprint density at radius 3 is 2.45 bits per heavy atom. The molecule has 0 bridgehead atoms. The number of piperidine rings is 1. The van der Waals surface area contributed by atoms with Crippen LogP contribution in [0.4, 0.5) is 11.6 Å². The summed E-state index contributed by atoms with van der Waals surface area (Å²) in [6, 6.07) is 9.60. The van der Waals surface area contributed by atoms with Crippen LogP contribution in [0.2, 0.25) is 5.02 Å². The van der Waals surface area contributed by atoms with Gasteiger partial charge in [0.1, 0.15) is 18.0 Å². The molecule has 2 aliphatic rings. The Labute approximate surface area is 174 Å². The number of halogens is 1. The van der Waals surface area contributed by atoms with Crippen LogP contribution in [0.15, 0.2) is 41.2 Å². The fourth-order valence-electron chi connectivity index (χ4n) is 4.13. The van der Waals surface area contributed by atoms with Gasteiger partial charge in [-0.2, -0.15) is 4.98 Å². The summed E-state index contributed by atoms with van der Waals surface area (Å²) < 4.78 is 5.62. The minimum atomic E-state index is 0.197. The summed E-state index contributed by atoms with van der Waals surface area (Å²) in [7, 11) is 0. The van der Waals surface area contributed by atoms with E-state index in [1.165, 1.54) is 12.8 Å². The van der Waals surface area contributed by atoms with Crippen LogP contribution in [-0.2, 0) is 0 Å². The van der Waals surface area contributed by atoms with Crippen LogP contribution in [0, 0.1) is 0 Å². The molecule has 150 valence electrons. The molecule has 2 fully saturated rings. The topological polar surface area (TPSA) is 71.2 Å². The molecule has 0 aliphatic carbocycles. The van der Waals surface area contributed by atoms with E-state index < -0.39 is 0 Å². The van der Waals surface area contributed by atoms with Crippen molar-refractivity contribution in [3.63, 3.8) is 0 Å². The van der Waals surface area contributed by atoms with Gasteiger partial charge in [-0.3, -0.25) is 0 Å². The molecule has 0 spiro atoms. The Morgan fingerprint density at radius 2 is 1.66 bits per heavy atom. The predicted molar refractivity (Wildman–Crippen MR) is 112 cm³/mol. The summed E-state index contributed by atoms with van der Waals surface area (Å²) in [5.74, 6) is 3.49. The van der Waals surface area contributed by atoms with Gasteiger partial charge in [-0.05, 0) is 49.9 Å². The number of nitrogens with zero attached hydrogens (tertiary/aromatic N) is 6. The van der Waals surface area contributed by atoms with Crippen LogP contribution in [0.1, 0.15) is 37.5 Å². The summed E-state index contributed by atoms with van der Waals surface area (Å²) in [6.45, 7) is 3.95. The molecule has 0 radical (unpaired) electrons. The molecule has 3 aromatic rings. The second-order valence-corrected chi connectivity index (χ2v) is 8.11. The van der Waals surface area contributed by atoms with Crippen molar-refractivity contribution >= 4 is 23.2 Å². The Balaban J connectivity index is 1.32. The van der Waals surface area contributed by atoms with Crippen LogP contribution >= 0.6 is 11.6 Å². The molecular formula is C21H23ClN6O. The largest absolute Gasteiger partial charge is 0.356 e. The summed E-state index contributed by atoms with van der Waals surface area (Å²) in [5.41, 5.74) is 0.906. The molecule has 2 saturated heterocycles. The van der Waals surface area contributed by atoms with Gasteiger partial charge >= 0.3 is 0 Å². The number of hydrogen-bond donors (Lipinski definition) is 0. The molecule has 0 saturated carbocycles. The molecular weight excluding hydrogens is 388 g/mol. The van der Waals surface area contributed by atoms with Crippen LogP contribution in [0.3, 0.4) is 0 Å². The molecule has 1 aromatic carbocycles. The first-order chi connectivity index (χ1) is 14.3. The first kappa shape index (κ1) is 18.4. The quantitative estimate of drug-likeness (QED) is 0.639. The zero-order valence-electron chi connectivity index (χ0n) is 16.2. The fourth-order valence-corrected chi connectivity index (χ4v) is 4.26. The van der Waals surface area contributed by atoms with E-state index in [0.717, 1.165) is 56.2 Å². The molecule has 1 unspecified atom stereocenters. The van der Waals surface area contributed by atoms with Crippen molar-refractivity contribution in [2.24, 2.45) is 0 Å². The standard InChI is InChI=1S/C21H23ClN6O/c22-17-7-5-15(6-8-17)20-25-21(29-26-20)16-4-3-11-28(13-16)19-12-18(23-14-24-19)27-9-1-2-10-27/h5-8,12,14,16H,1-4,9-11,13H2. The van der Waals surface area contributed by atoms with Crippen molar-refractivity contribution in [2.75, 3.05) is 36.0 Å². The van der Waals surface area contributed by atoms with E-state index in [1.807, 2.05) is 24.3 Å². The Hall–Kier alpha value is -2.67. The summed E-state index contributed by atoms with van der Waals surface area (Å²) in [5, 5.41) is 4.87. The van der Waals surface area contributed by atoms with Crippen LogP contribution < -0.4 is 9.80 Å². The summed E-state index contributed by atoms with van der Waals surface area (Å²) in [6.07, 6.45) is 6.24. The SMILES string of the molecule is Clc1ccc(-c2noc(C3CCCN(c4cc(N5CCCC5)ncn4)C3)n2)cc1. The average Bonchev–Trinajstić information content (AvgIpc) is 3.47. The molecule has 4 heterocycles. The number of hydrogen-bond acceptors (Lipinski definition) is 7. The van der Waals surface area contributed by atoms with E-state index in [-0.39, 0.29) is 5.92 Å². The van der Waals surface area contributed by atoms with Crippen molar-refractivity contribution in [3.8, 4) is 11.4 Å². The van der Waals surface area contributed by atoms with Crippen molar-refractivity contribution in [3.05, 3.63) is 47.6 Å². The van der Waals surface area contributed by atoms with Gasteiger partial charge in [0.25, 0.3) is 0 Å². The molecule has 0 amide bonds. The van der Waals surface area contributed by atoms with Gasteiger partial charge < -0.3 is 14.3 Å². The second-order valence-electron chi connectivity index (χ2n) is 7.68. The van der Waals surface area contributed by atoms with Crippen molar-refractivity contribution < 1.29 is 4.52 Å². The van der Waals surface area contributed by atoms with Crippen LogP contribution in [0.5, 0.6) is 0 Å².